The van der Waals surface area contributed by atoms with Crippen molar-refractivity contribution >= 4 is 23.3 Å². The molecule has 0 atom stereocenters. The highest BCUT2D eigenvalue weighted by Gasteiger charge is 2.25. The van der Waals surface area contributed by atoms with Gasteiger partial charge in [-0.25, -0.2) is 4.68 Å². The summed E-state index contributed by atoms with van der Waals surface area (Å²) in [5.74, 6) is 0.272. The summed E-state index contributed by atoms with van der Waals surface area (Å²) in [7, 11) is 0. The third-order valence-corrected chi connectivity index (χ3v) is 5.82. The van der Waals surface area contributed by atoms with Crippen molar-refractivity contribution in [2.24, 2.45) is 5.92 Å². The number of amides is 1. The molecule has 1 heterocycles. The van der Waals surface area contributed by atoms with Crippen molar-refractivity contribution in [3.8, 4) is 16.8 Å². The van der Waals surface area contributed by atoms with E-state index in [2.05, 4.69) is 10.4 Å². The molecule has 3 aromatic rings. The first kappa shape index (κ1) is 20.4. The van der Waals surface area contributed by atoms with Crippen LogP contribution in [-0.2, 0) is 4.79 Å². The molecule has 30 heavy (non-hydrogen) atoms. The van der Waals surface area contributed by atoms with E-state index in [1.807, 2.05) is 42.5 Å². The molecule has 0 unspecified atom stereocenters. The van der Waals surface area contributed by atoms with Crippen LogP contribution in [0.4, 0.5) is 5.82 Å². The molecule has 0 aliphatic heterocycles. The van der Waals surface area contributed by atoms with E-state index in [0.29, 0.717) is 27.8 Å². The van der Waals surface area contributed by atoms with Crippen LogP contribution in [0.3, 0.4) is 0 Å². The molecule has 0 spiro atoms. The Morgan fingerprint density at radius 1 is 1.07 bits per heavy atom. The largest absolute Gasteiger partial charge is 0.310 e. The summed E-state index contributed by atoms with van der Waals surface area (Å²) in [6, 6.07) is 16.6. The zero-order valence-corrected chi connectivity index (χ0v) is 17.7. The molecule has 0 saturated heterocycles. The highest BCUT2D eigenvalue weighted by molar-refractivity contribution is 6.30. The van der Waals surface area contributed by atoms with E-state index in [1.54, 1.807) is 23.7 Å². The summed E-state index contributed by atoms with van der Waals surface area (Å²) in [6.45, 7) is 1.68. The normalized spacial score (nSPS) is 14.5. The predicted molar refractivity (Wildman–Crippen MR) is 120 cm³/mol. The average Bonchev–Trinajstić information content (AvgIpc) is 2.77. The van der Waals surface area contributed by atoms with Crippen LogP contribution in [0, 0.1) is 12.8 Å². The molecular formula is C24H24ClN3O2. The summed E-state index contributed by atoms with van der Waals surface area (Å²) in [6.07, 6.45) is 5.01. The Morgan fingerprint density at radius 2 is 1.80 bits per heavy atom. The van der Waals surface area contributed by atoms with E-state index in [1.165, 1.54) is 6.42 Å². The summed E-state index contributed by atoms with van der Waals surface area (Å²) < 4.78 is 1.62. The Hall–Kier alpha value is -2.92. The number of rotatable bonds is 4. The molecule has 2 aromatic carbocycles. The Balaban J connectivity index is 1.90. The number of hydrogen-bond donors (Lipinski definition) is 1. The molecule has 4 rings (SSSR count). The zero-order valence-electron chi connectivity index (χ0n) is 16.9. The van der Waals surface area contributed by atoms with Gasteiger partial charge in [0, 0.05) is 10.9 Å². The van der Waals surface area contributed by atoms with E-state index < -0.39 is 0 Å². The van der Waals surface area contributed by atoms with Gasteiger partial charge in [0.05, 0.1) is 11.3 Å². The fourth-order valence-corrected chi connectivity index (χ4v) is 4.19. The van der Waals surface area contributed by atoms with Crippen LogP contribution in [0.1, 0.15) is 37.8 Å². The van der Waals surface area contributed by atoms with Crippen molar-refractivity contribution in [2.75, 3.05) is 5.32 Å². The van der Waals surface area contributed by atoms with Gasteiger partial charge in [-0.1, -0.05) is 67.3 Å². The minimum absolute atomic E-state index is 0.0495. The SMILES string of the molecule is Cc1nn(-c2cccc(Cl)c2)c(NC(=O)C2CCCCC2)c(-c2ccccc2)c1=O. The minimum Gasteiger partial charge on any atom is -0.310 e. The van der Waals surface area contributed by atoms with Crippen LogP contribution in [0.15, 0.2) is 59.4 Å². The highest BCUT2D eigenvalue weighted by atomic mass is 35.5. The third-order valence-electron chi connectivity index (χ3n) is 5.59. The van der Waals surface area contributed by atoms with E-state index in [9.17, 15) is 9.59 Å². The first-order valence-electron chi connectivity index (χ1n) is 10.3. The van der Waals surface area contributed by atoms with Gasteiger partial charge in [-0.15, -0.1) is 0 Å². The molecule has 0 bridgehead atoms. The Morgan fingerprint density at radius 3 is 2.50 bits per heavy atom. The van der Waals surface area contributed by atoms with E-state index in [4.69, 9.17) is 11.6 Å². The van der Waals surface area contributed by atoms with E-state index in [-0.39, 0.29) is 17.3 Å². The maximum atomic E-state index is 13.1. The smallest absolute Gasteiger partial charge is 0.228 e. The van der Waals surface area contributed by atoms with Gasteiger partial charge >= 0.3 is 0 Å². The van der Waals surface area contributed by atoms with E-state index in [0.717, 1.165) is 31.2 Å². The second-order valence-electron chi connectivity index (χ2n) is 7.72. The molecule has 6 heteroatoms. The van der Waals surface area contributed by atoms with Crippen LogP contribution in [0.25, 0.3) is 16.8 Å². The van der Waals surface area contributed by atoms with E-state index >= 15 is 0 Å². The van der Waals surface area contributed by atoms with Crippen molar-refractivity contribution in [3.63, 3.8) is 0 Å². The number of hydrogen-bond acceptors (Lipinski definition) is 3. The number of carbonyl (C=O) groups is 1. The Kier molecular flexibility index (Phi) is 6.00. The molecule has 154 valence electrons. The van der Waals surface area contributed by atoms with Crippen LogP contribution in [0.5, 0.6) is 0 Å². The quantitative estimate of drug-likeness (QED) is 0.615. The van der Waals surface area contributed by atoms with Gasteiger partial charge in [-0.3, -0.25) is 9.59 Å². The maximum absolute atomic E-state index is 13.1. The molecule has 0 radical (unpaired) electrons. The Labute approximate surface area is 180 Å². The lowest BCUT2D eigenvalue weighted by molar-refractivity contribution is -0.120. The molecule has 1 fully saturated rings. The third kappa shape index (κ3) is 4.17. The molecule has 1 aliphatic rings. The van der Waals surface area contributed by atoms with Crippen molar-refractivity contribution < 1.29 is 4.79 Å². The number of nitrogens with zero attached hydrogens (tertiary/aromatic N) is 2. The summed E-state index contributed by atoms with van der Waals surface area (Å²) >= 11 is 6.21. The van der Waals surface area contributed by atoms with Gasteiger partial charge in [-0.2, -0.15) is 5.10 Å². The van der Waals surface area contributed by atoms with Gasteiger partial charge < -0.3 is 5.32 Å². The topological polar surface area (TPSA) is 64.0 Å². The highest BCUT2D eigenvalue weighted by Crippen LogP contribution is 2.30. The fraction of sp³-hybridized carbons (Fsp3) is 0.292. The number of nitrogens with one attached hydrogen (secondary N) is 1. The Bertz CT molecular complexity index is 1120. The first-order valence-corrected chi connectivity index (χ1v) is 10.7. The van der Waals surface area contributed by atoms with Gasteiger partial charge in [0.2, 0.25) is 11.3 Å². The van der Waals surface area contributed by atoms with Crippen molar-refractivity contribution in [1.29, 1.82) is 0 Å². The first-order chi connectivity index (χ1) is 14.5. The molecule has 1 amide bonds. The number of benzene rings is 2. The maximum Gasteiger partial charge on any atom is 0.228 e. The lowest BCUT2D eigenvalue weighted by Gasteiger charge is -2.23. The molecule has 1 N–H and O–H groups in total. The molecule has 1 aromatic heterocycles. The van der Waals surface area contributed by atoms with Crippen molar-refractivity contribution in [2.45, 2.75) is 39.0 Å². The average molecular weight is 422 g/mol. The summed E-state index contributed by atoms with van der Waals surface area (Å²) in [4.78, 5) is 26.3. The molecular weight excluding hydrogens is 398 g/mol. The number of anilines is 1. The monoisotopic (exact) mass is 421 g/mol. The van der Waals surface area contributed by atoms with Gasteiger partial charge in [0.25, 0.3) is 0 Å². The summed E-state index contributed by atoms with van der Waals surface area (Å²) in [5, 5.41) is 8.10. The number of halogens is 1. The molecule has 1 aliphatic carbocycles. The van der Waals surface area contributed by atoms with Crippen molar-refractivity contribution in [3.05, 3.63) is 75.5 Å². The fourth-order valence-electron chi connectivity index (χ4n) is 4.01. The van der Waals surface area contributed by atoms with Crippen LogP contribution in [-0.4, -0.2) is 15.7 Å². The number of aryl methyl sites for hydroxylation is 1. The van der Waals surface area contributed by atoms with Crippen molar-refractivity contribution in [1.82, 2.24) is 9.78 Å². The predicted octanol–water partition coefficient (Wildman–Crippen LogP) is 5.38. The standard InChI is InChI=1S/C24H24ClN3O2/c1-16-22(29)21(17-9-4-2-5-10-17)23(26-24(30)18-11-6-3-7-12-18)28(27-16)20-14-8-13-19(25)15-20/h2,4-5,8-10,13-15,18H,3,6-7,11-12H2,1H3,(H,26,30). The summed E-state index contributed by atoms with van der Waals surface area (Å²) in [5.41, 5.74) is 2.01. The second kappa shape index (κ2) is 8.84. The second-order valence-corrected chi connectivity index (χ2v) is 8.16. The van der Waals surface area contributed by atoms with Crippen LogP contribution >= 0.6 is 11.6 Å². The number of carbonyl (C=O) groups excluding carboxylic acids is 1. The van der Waals surface area contributed by atoms with Gasteiger partial charge in [0.1, 0.15) is 11.5 Å². The zero-order chi connectivity index (χ0) is 21.1. The lowest BCUT2D eigenvalue weighted by atomic mass is 9.88. The number of aromatic nitrogens is 2. The van der Waals surface area contributed by atoms with Gasteiger partial charge in [-0.05, 0) is 43.5 Å². The molecule has 5 nitrogen and oxygen atoms in total. The van der Waals surface area contributed by atoms with Gasteiger partial charge in [0.15, 0.2) is 0 Å². The molecule has 1 saturated carbocycles. The minimum atomic E-state index is -0.196. The van der Waals surface area contributed by atoms with Crippen LogP contribution < -0.4 is 10.7 Å². The van der Waals surface area contributed by atoms with Crippen LogP contribution in [0.2, 0.25) is 5.02 Å². The lowest BCUT2D eigenvalue weighted by Crippen LogP contribution is -2.29.